The van der Waals surface area contributed by atoms with Gasteiger partial charge >= 0.3 is 0 Å². The number of nitrogens with one attached hydrogen (secondary N) is 1. The van der Waals surface area contributed by atoms with E-state index in [9.17, 15) is 4.79 Å². The lowest BCUT2D eigenvalue weighted by molar-refractivity contribution is 0.102. The zero-order valence-corrected chi connectivity index (χ0v) is 12.8. The number of ether oxygens (including phenoxy) is 1. The van der Waals surface area contributed by atoms with E-state index in [2.05, 4.69) is 5.32 Å². The molecule has 0 aromatic heterocycles. The summed E-state index contributed by atoms with van der Waals surface area (Å²) in [6, 6.07) is 24.3. The first-order chi connectivity index (χ1) is 11.2. The summed E-state index contributed by atoms with van der Waals surface area (Å²) < 4.78 is 5.76. The third-order valence-corrected chi connectivity index (χ3v) is 3.35. The minimum absolute atomic E-state index is 0.158. The van der Waals surface area contributed by atoms with Crippen molar-refractivity contribution in [2.45, 2.75) is 6.92 Å². The molecule has 0 fully saturated rings. The van der Waals surface area contributed by atoms with Crippen LogP contribution in [0.25, 0.3) is 0 Å². The van der Waals surface area contributed by atoms with Crippen LogP contribution in [0.4, 0.5) is 5.69 Å². The molecule has 0 radical (unpaired) electrons. The quantitative estimate of drug-likeness (QED) is 0.733. The summed E-state index contributed by atoms with van der Waals surface area (Å²) in [5.41, 5.74) is 2.44. The Kier molecular flexibility index (Phi) is 4.39. The van der Waals surface area contributed by atoms with Crippen molar-refractivity contribution in [3.05, 3.63) is 90.0 Å². The largest absolute Gasteiger partial charge is 0.457 e. The van der Waals surface area contributed by atoms with Crippen molar-refractivity contribution >= 4 is 11.6 Å². The van der Waals surface area contributed by atoms with Crippen LogP contribution in [-0.2, 0) is 0 Å². The Morgan fingerprint density at radius 2 is 1.57 bits per heavy atom. The Hall–Kier alpha value is -3.07. The second kappa shape index (κ2) is 6.79. The smallest absolute Gasteiger partial charge is 0.255 e. The van der Waals surface area contributed by atoms with E-state index in [0.29, 0.717) is 11.3 Å². The molecule has 23 heavy (non-hydrogen) atoms. The summed E-state index contributed by atoms with van der Waals surface area (Å²) in [4.78, 5) is 12.4. The number of rotatable bonds is 4. The average Bonchev–Trinajstić information content (AvgIpc) is 2.56. The minimum atomic E-state index is -0.158. The number of para-hydroxylation sites is 1. The minimum Gasteiger partial charge on any atom is -0.457 e. The van der Waals surface area contributed by atoms with Gasteiger partial charge in [0, 0.05) is 11.3 Å². The van der Waals surface area contributed by atoms with Crippen molar-refractivity contribution in [3.63, 3.8) is 0 Å². The summed E-state index contributed by atoms with van der Waals surface area (Å²) in [6.07, 6.45) is 0. The van der Waals surface area contributed by atoms with Crippen molar-refractivity contribution in [3.8, 4) is 11.5 Å². The van der Waals surface area contributed by atoms with Gasteiger partial charge < -0.3 is 10.1 Å². The van der Waals surface area contributed by atoms with Crippen molar-refractivity contribution in [1.29, 1.82) is 0 Å². The predicted molar refractivity (Wildman–Crippen MR) is 92.1 cm³/mol. The summed E-state index contributed by atoms with van der Waals surface area (Å²) >= 11 is 0. The standard InChI is InChI=1S/C20H17NO2/c1-15-7-5-9-17(13-15)21-20(22)16-8-6-12-19(14-16)23-18-10-3-2-4-11-18/h2-14H,1H3,(H,21,22). The van der Waals surface area contributed by atoms with Gasteiger partial charge in [-0.3, -0.25) is 4.79 Å². The van der Waals surface area contributed by atoms with E-state index in [1.54, 1.807) is 12.1 Å². The molecule has 3 aromatic rings. The van der Waals surface area contributed by atoms with Crippen LogP contribution >= 0.6 is 0 Å². The Balaban J connectivity index is 1.75. The molecule has 3 nitrogen and oxygen atoms in total. The summed E-state index contributed by atoms with van der Waals surface area (Å²) in [5.74, 6) is 1.21. The number of amides is 1. The molecule has 114 valence electrons. The Morgan fingerprint density at radius 3 is 2.35 bits per heavy atom. The molecule has 0 atom stereocenters. The zero-order chi connectivity index (χ0) is 16.1. The first-order valence-corrected chi connectivity index (χ1v) is 7.42. The number of carbonyl (C=O) groups excluding carboxylic acids is 1. The maximum absolute atomic E-state index is 12.4. The molecule has 1 amide bonds. The molecule has 1 N–H and O–H groups in total. The van der Waals surface area contributed by atoms with E-state index in [4.69, 9.17) is 4.74 Å². The lowest BCUT2D eigenvalue weighted by Gasteiger charge is -2.09. The highest BCUT2D eigenvalue weighted by Crippen LogP contribution is 2.22. The third kappa shape index (κ3) is 3.98. The lowest BCUT2D eigenvalue weighted by atomic mass is 10.2. The average molecular weight is 303 g/mol. The van der Waals surface area contributed by atoms with Crippen molar-refractivity contribution in [1.82, 2.24) is 0 Å². The molecular weight excluding hydrogens is 286 g/mol. The lowest BCUT2D eigenvalue weighted by Crippen LogP contribution is -2.11. The van der Waals surface area contributed by atoms with Gasteiger partial charge in [0.05, 0.1) is 0 Å². The number of hydrogen-bond donors (Lipinski definition) is 1. The van der Waals surface area contributed by atoms with E-state index in [1.807, 2.05) is 73.7 Å². The number of aryl methyl sites for hydroxylation is 1. The van der Waals surface area contributed by atoms with E-state index >= 15 is 0 Å². The Bertz CT molecular complexity index is 813. The van der Waals surface area contributed by atoms with E-state index in [0.717, 1.165) is 17.0 Å². The molecule has 0 spiro atoms. The van der Waals surface area contributed by atoms with E-state index in [1.165, 1.54) is 0 Å². The normalized spacial score (nSPS) is 10.1. The Labute approximate surface area is 135 Å². The van der Waals surface area contributed by atoms with E-state index < -0.39 is 0 Å². The van der Waals surface area contributed by atoms with Crippen LogP contribution in [0.5, 0.6) is 11.5 Å². The van der Waals surface area contributed by atoms with Gasteiger partial charge in [-0.1, -0.05) is 36.4 Å². The van der Waals surface area contributed by atoms with Gasteiger partial charge in [0.15, 0.2) is 0 Å². The molecule has 3 heteroatoms. The molecular formula is C20H17NO2. The number of hydrogen-bond acceptors (Lipinski definition) is 2. The highest BCUT2D eigenvalue weighted by molar-refractivity contribution is 6.04. The van der Waals surface area contributed by atoms with Gasteiger partial charge in [-0.25, -0.2) is 0 Å². The van der Waals surface area contributed by atoms with Gasteiger partial charge in [-0.15, -0.1) is 0 Å². The molecule has 3 rings (SSSR count). The number of carbonyl (C=O) groups is 1. The third-order valence-electron chi connectivity index (χ3n) is 3.35. The fourth-order valence-corrected chi connectivity index (χ4v) is 2.25. The van der Waals surface area contributed by atoms with Crippen LogP contribution in [-0.4, -0.2) is 5.91 Å². The number of anilines is 1. The first-order valence-electron chi connectivity index (χ1n) is 7.42. The van der Waals surface area contributed by atoms with Crippen LogP contribution in [0, 0.1) is 6.92 Å². The predicted octanol–water partition coefficient (Wildman–Crippen LogP) is 5.04. The van der Waals surface area contributed by atoms with Crippen LogP contribution in [0.3, 0.4) is 0 Å². The monoisotopic (exact) mass is 303 g/mol. The van der Waals surface area contributed by atoms with Gasteiger partial charge in [0.1, 0.15) is 11.5 Å². The molecule has 0 unspecified atom stereocenters. The Morgan fingerprint density at radius 1 is 0.826 bits per heavy atom. The van der Waals surface area contributed by atoms with Crippen molar-refractivity contribution in [2.24, 2.45) is 0 Å². The molecule has 0 aliphatic rings. The SMILES string of the molecule is Cc1cccc(NC(=O)c2cccc(Oc3ccccc3)c2)c1. The van der Waals surface area contributed by atoms with Gasteiger partial charge in [0.25, 0.3) is 5.91 Å². The van der Waals surface area contributed by atoms with Crippen LogP contribution in [0.15, 0.2) is 78.9 Å². The molecule has 0 saturated carbocycles. The maximum Gasteiger partial charge on any atom is 0.255 e. The maximum atomic E-state index is 12.4. The van der Waals surface area contributed by atoms with Crippen molar-refractivity contribution < 1.29 is 9.53 Å². The fourth-order valence-electron chi connectivity index (χ4n) is 2.25. The topological polar surface area (TPSA) is 38.3 Å². The second-order valence-corrected chi connectivity index (χ2v) is 5.27. The van der Waals surface area contributed by atoms with E-state index in [-0.39, 0.29) is 5.91 Å². The molecule has 3 aromatic carbocycles. The highest BCUT2D eigenvalue weighted by atomic mass is 16.5. The first kappa shape index (κ1) is 14.9. The highest BCUT2D eigenvalue weighted by Gasteiger charge is 2.08. The van der Waals surface area contributed by atoms with Crippen LogP contribution in [0.2, 0.25) is 0 Å². The molecule has 0 heterocycles. The molecule has 0 saturated heterocycles. The van der Waals surface area contributed by atoms with Gasteiger partial charge in [-0.05, 0) is 55.0 Å². The second-order valence-electron chi connectivity index (χ2n) is 5.27. The van der Waals surface area contributed by atoms with Gasteiger partial charge in [-0.2, -0.15) is 0 Å². The van der Waals surface area contributed by atoms with Crippen molar-refractivity contribution in [2.75, 3.05) is 5.32 Å². The van der Waals surface area contributed by atoms with Gasteiger partial charge in [0.2, 0.25) is 0 Å². The molecule has 0 aliphatic heterocycles. The van der Waals surface area contributed by atoms with Crippen LogP contribution < -0.4 is 10.1 Å². The molecule has 0 bridgehead atoms. The molecule has 0 aliphatic carbocycles. The summed E-state index contributed by atoms with van der Waals surface area (Å²) in [7, 11) is 0. The summed E-state index contributed by atoms with van der Waals surface area (Å²) in [6.45, 7) is 1.99. The number of benzene rings is 3. The fraction of sp³-hybridized carbons (Fsp3) is 0.0500. The zero-order valence-electron chi connectivity index (χ0n) is 12.8. The summed E-state index contributed by atoms with van der Waals surface area (Å²) in [5, 5.41) is 2.90. The van der Waals surface area contributed by atoms with Crippen LogP contribution in [0.1, 0.15) is 15.9 Å².